The molecule has 0 aromatic heterocycles. The van der Waals surface area contributed by atoms with E-state index in [1.807, 2.05) is 4.90 Å². The zero-order chi connectivity index (χ0) is 10.6. The molecule has 2 atom stereocenters. The molecule has 0 bridgehead atoms. The highest BCUT2D eigenvalue weighted by molar-refractivity contribution is 5.93. The molecule has 0 saturated carbocycles. The molecule has 0 spiro atoms. The summed E-state index contributed by atoms with van der Waals surface area (Å²) < 4.78 is 0. The van der Waals surface area contributed by atoms with Crippen LogP contribution in [0.1, 0.15) is 26.7 Å². The molecule has 78 valence electrons. The summed E-state index contributed by atoms with van der Waals surface area (Å²) in [7, 11) is 0. The van der Waals surface area contributed by atoms with Gasteiger partial charge in [-0.1, -0.05) is 12.8 Å². The van der Waals surface area contributed by atoms with Gasteiger partial charge in [-0.05, 0) is 31.6 Å². The van der Waals surface area contributed by atoms with Gasteiger partial charge in [-0.25, -0.2) is 0 Å². The predicted molar refractivity (Wildman–Crippen MR) is 56.4 cm³/mol. The van der Waals surface area contributed by atoms with Crippen LogP contribution in [0.25, 0.3) is 0 Å². The van der Waals surface area contributed by atoms with Crippen LogP contribution in [0.4, 0.5) is 0 Å². The van der Waals surface area contributed by atoms with Crippen molar-refractivity contribution in [2.75, 3.05) is 13.1 Å². The Hall–Kier alpha value is -1.01. The summed E-state index contributed by atoms with van der Waals surface area (Å²) in [5.74, 6) is 5.65. The van der Waals surface area contributed by atoms with Crippen LogP contribution in [0, 0.1) is 17.8 Å². The number of rotatable bonds is 1. The minimum absolute atomic E-state index is 0.0745. The van der Waals surface area contributed by atoms with Gasteiger partial charge in [-0.2, -0.15) is 0 Å². The first-order valence-corrected chi connectivity index (χ1v) is 5.14. The lowest BCUT2D eigenvalue weighted by atomic mass is 9.91. The van der Waals surface area contributed by atoms with Gasteiger partial charge in [0, 0.05) is 19.1 Å². The second kappa shape index (κ2) is 5.02. The van der Waals surface area contributed by atoms with Crippen molar-refractivity contribution in [3.63, 3.8) is 0 Å². The van der Waals surface area contributed by atoms with E-state index in [1.54, 1.807) is 6.92 Å². The molecule has 0 aromatic rings. The monoisotopic (exact) mass is 194 g/mol. The number of piperidine rings is 1. The first kappa shape index (κ1) is 11.1. The second-order valence-electron chi connectivity index (χ2n) is 3.80. The molecular formula is C11H18N2O. The highest BCUT2D eigenvalue weighted by Gasteiger charge is 2.29. The normalized spacial score (nSPS) is 26.6. The largest absolute Gasteiger partial charge is 0.328 e. The lowest BCUT2D eigenvalue weighted by Crippen LogP contribution is -2.50. The molecule has 14 heavy (non-hydrogen) atoms. The zero-order valence-electron chi connectivity index (χ0n) is 8.92. The van der Waals surface area contributed by atoms with Crippen LogP contribution in [0.5, 0.6) is 0 Å². The van der Waals surface area contributed by atoms with Crippen molar-refractivity contribution in [2.45, 2.75) is 32.7 Å². The molecule has 1 fully saturated rings. The number of nitrogens with two attached hydrogens (primary N) is 1. The van der Waals surface area contributed by atoms with Gasteiger partial charge in [-0.3, -0.25) is 4.79 Å². The van der Waals surface area contributed by atoms with E-state index in [0.29, 0.717) is 12.5 Å². The molecule has 1 amide bonds. The summed E-state index contributed by atoms with van der Waals surface area (Å²) in [5, 5.41) is 0. The Balaban J connectivity index is 2.72. The fourth-order valence-corrected chi connectivity index (χ4v) is 2.04. The smallest absolute Gasteiger partial charge is 0.298 e. The van der Waals surface area contributed by atoms with Crippen LogP contribution in [-0.4, -0.2) is 29.9 Å². The highest BCUT2D eigenvalue weighted by Crippen LogP contribution is 2.22. The Morgan fingerprint density at radius 2 is 2.36 bits per heavy atom. The molecule has 1 aliphatic heterocycles. The molecule has 0 radical (unpaired) electrons. The lowest BCUT2D eigenvalue weighted by Gasteiger charge is -2.38. The van der Waals surface area contributed by atoms with Gasteiger partial charge >= 0.3 is 0 Å². The van der Waals surface area contributed by atoms with Gasteiger partial charge in [-0.15, -0.1) is 0 Å². The van der Waals surface area contributed by atoms with Crippen molar-refractivity contribution in [2.24, 2.45) is 11.7 Å². The van der Waals surface area contributed by atoms with Gasteiger partial charge in [0.05, 0.1) is 0 Å². The van der Waals surface area contributed by atoms with E-state index in [-0.39, 0.29) is 11.9 Å². The number of amides is 1. The quantitative estimate of drug-likeness (QED) is 0.621. The molecule has 3 nitrogen and oxygen atoms in total. The molecular weight excluding hydrogens is 176 g/mol. The first-order chi connectivity index (χ1) is 6.70. The van der Waals surface area contributed by atoms with E-state index in [4.69, 9.17) is 5.73 Å². The lowest BCUT2D eigenvalue weighted by molar-refractivity contribution is -0.129. The van der Waals surface area contributed by atoms with Crippen molar-refractivity contribution in [1.82, 2.24) is 4.90 Å². The van der Waals surface area contributed by atoms with E-state index in [0.717, 1.165) is 19.4 Å². The second-order valence-corrected chi connectivity index (χ2v) is 3.80. The molecule has 3 heteroatoms. The van der Waals surface area contributed by atoms with Gasteiger partial charge in [0.15, 0.2) is 0 Å². The SMILES string of the molecule is CC#CC(=O)N1CCCC(C)C1CN. The summed E-state index contributed by atoms with van der Waals surface area (Å²) in [6.07, 6.45) is 2.22. The number of likely N-dealkylation sites (tertiary alicyclic amines) is 1. The molecule has 1 rings (SSSR count). The summed E-state index contributed by atoms with van der Waals surface area (Å²) in [4.78, 5) is 13.4. The summed E-state index contributed by atoms with van der Waals surface area (Å²) in [6.45, 7) is 5.18. The maximum absolute atomic E-state index is 11.6. The van der Waals surface area contributed by atoms with Crippen molar-refractivity contribution in [3.05, 3.63) is 0 Å². The first-order valence-electron chi connectivity index (χ1n) is 5.14. The minimum atomic E-state index is -0.0745. The van der Waals surface area contributed by atoms with E-state index in [9.17, 15) is 4.79 Å². The van der Waals surface area contributed by atoms with E-state index >= 15 is 0 Å². The molecule has 0 aliphatic carbocycles. The van der Waals surface area contributed by atoms with Crippen molar-refractivity contribution in [3.8, 4) is 11.8 Å². The van der Waals surface area contributed by atoms with Crippen molar-refractivity contribution in [1.29, 1.82) is 0 Å². The third kappa shape index (κ3) is 2.27. The van der Waals surface area contributed by atoms with E-state index < -0.39 is 0 Å². The Morgan fingerprint density at radius 3 is 2.93 bits per heavy atom. The van der Waals surface area contributed by atoms with Gasteiger partial charge in [0.1, 0.15) is 0 Å². The van der Waals surface area contributed by atoms with Crippen LogP contribution >= 0.6 is 0 Å². The summed E-state index contributed by atoms with van der Waals surface area (Å²) in [5.41, 5.74) is 5.68. The average Bonchev–Trinajstić information content (AvgIpc) is 2.17. The third-order valence-electron chi connectivity index (χ3n) is 2.85. The zero-order valence-corrected chi connectivity index (χ0v) is 8.92. The number of hydrogen-bond acceptors (Lipinski definition) is 2. The molecule has 2 unspecified atom stereocenters. The summed E-state index contributed by atoms with van der Waals surface area (Å²) in [6, 6.07) is 0.178. The Bertz CT molecular complexity index is 264. The molecule has 1 saturated heterocycles. The van der Waals surface area contributed by atoms with Crippen LogP contribution in [-0.2, 0) is 4.79 Å². The van der Waals surface area contributed by atoms with Crippen LogP contribution in [0.15, 0.2) is 0 Å². The van der Waals surface area contributed by atoms with Gasteiger partial charge < -0.3 is 10.6 Å². The van der Waals surface area contributed by atoms with Crippen LogP contribution in [0.3, 0.4) is 0 Å². The standard InChI is InChI=1S/C11H18N2O/c1-3-5-11(14)13-7-4-6-9(2)10(13)8-12/h9-10H,4,6-8,12H2,1-2H3. The van der Waals surface area contributed by atoms with Crippen molar-refractivity contribution < 1.29 is 4.79 Å². The van der Waals surface area contributed by atoms with E-state index in [1.165, 1.54) is 0 Å². The van der Waals surface area contributed by atoms with E-state index in [2.05, 4.69) is 18.8 Å². The fraction of sp³-hybridized carbons (Fsp3) is 0.727. The number of hydrogen-bond donors (Lipinski definition) is 1. The number of carbonyl (C=O) groups is 1. The van der Waals surface area contributed by atoms with Gasteiger partial charge in [0.25, 0.3) is 5.91 Å². The maximum Gasteiger partial charge on any atom is 0.298 e. The molecule has 1 aliphatic rings. The number of carbonyl (C=O) groups excluding carboxylic acids is 1. The molecule has 2 N–H and O–H groups in total. The Labute approximate surface area is 85.6 Å². The maximum atomic E-state index is 11.6. The third-order valence-corrected chi connectivity index (χ3v) is 2.85. The van der Waals surface area contributed by atoms with Crippen LogP contribution < -0.4 is 5.73 Å². The topological polar surface area (TPSA) is 46.3 Å². The highest BCUT2D eigenvalue weighted by atomic mass is 16.2. The minimum Gasteiger partial charge on any atom is -0.328 e. The summed E-state index contributed by atoms with van der Waals surface area (Å²) >= 11 is 0. The molecule has 0 aromatic carbocycles. The van der Waals surface area contributed by atoms with Crippen molar-refractivity contribution >= 4 is 5.91 Å². The fourth-order valence-electron chi connectivity index (χ4n) is 2.04. The Morgan fingerprint density at radius 1 is 1.64 bits per heavy atom. The van der Waals surface area contributed by atoms with Gasteiger partial charge in [0.2, 0.25) is 0 Å². The Kier molecular flexibility index (Phi) is 3.97. The molecule has 1 heterocycles. The average molecular weight is 194 g/mol. The number of nitrogens with zero attached hydrogens (tertiary/aromatic N) is 1. The predicted octanol–water partition coefficient (Wildman–Crippen LogP) is 0.596. The van der Waals surface area contributed by atoms with Crippen LogP contribution in [0.2, 0.25) is 0 Å².